The van der Waals surface area contributed by atoms with Crippen molar-refractivity contribution < 1.29 is 8.42 Å². The number of anilines is 1. The molecule has 0 saturated carbocycles. The molecule has 8 heteroatoms. The van der Waals surface area contributed by atoms with Gasteiger partial charge in [0, 0.05) is 46.5 Å². The third-order valence-corrected chi connectivity index (χ3v) is 6.16. The molecule has 0 unspecified atom stereocenters. The number of piperazine rings is 1. The summed E-state index contributed by atoms with van der Waals surface area (Å²) in [6.07, 6.45) is 5.69. The lowest BCUT2D eigenvalue weighted by atomic mass is 10.2. The van der Waals surface area contributed by atoms with Crippen molar-refractivity contribution in [3.8, 4) is 0 Å². The molecule has 0 amide bonds. The maximum atomic E-state index is 12.2. The first-order chi connectivity index (χ1) is 12.5. The van der Waals surface area contributed by atoms with Crippen LogP contribution in [0.2, 0.25) is 0 Å². The summed E-state index contributed by atoms with van der Waals surface area (Å²) in [6, 6.07) is 11.9. The molecule has 0 aliphatic carbocycles. The van der Waals surface area contributed by atoms with Gasteiger partial charge in [0.25, 0.3) is 10.2 Å². The Morgan fingerprint density at radius 3 is 2.35 bits per heavy atom. The van der Waals surface area contributed by atoms with Crippen molar-refractivity contribution >= 4 is 28.3 Å². The third-order valence-electron chi connectivity index (χ3n) is 4.22. The molecule has 3 rings (SSSR count). The molecule has 1 aromatic heterocycles. The van der Waals surface area contributed by atoms with Crippen LogP contribution in [0, 0.1) is 0 Å². The molecule has 1 aliphatic heterocycles. The second-order valence-corrected chi connectivity index (χ2v) is 8.34. The SMILES string of the molecule is CN(C)S(=O)(=O)N1CCN(c2nccc(/C=C/c3ccccc3)n2)CC1. The van der Waals surface area contributed by atoms with E-state index in [1.54, 1.807) is 20.3 Å². The first-order valence-electron chi connectivity index (χ1n) is 8.45. The number of hydrogen-bond donors (Lipinski definition) is 0. The van der Waals surface area contributed by atoms with Crippen LogP contribution < -0.4 is 4.90 Å². The maximum Gasteiger partial charge on any atom is 0.281 e. The summed E-state index contributed by atoms with van der Waals surface area (Å²) in [5.41, 5.74) is 1.93. The fraction of sp³-hybridized carbons (Fsp3) is 0.333. The molecule has 7 nitrogen and oxygen atoms in total. The van der Waals surface area contributed by atoms with Gasteiger partial charge < -0.3 is 4.90 Å². The predicted molar refractivity (Wildman–Crippen MR) is 104 cm³/mol. The molecule has 26 heavy (non-hydrogen) atoms. The fourth-order valence-electron chi connectivity index (χ4n) is 2.70. The van der Waals surface area contributed by atoms with Gasteiger partial charge in [-0.15, -0.1) is 0 Å². The van der Waals surface area contributed by atoms with E-state index >= 15 is 0 Å². The van der Waals surface area contributed by atoms with Crippen LogP contribution in [-0.4, -0.2) is 67.3 Å². The Labute approximate surface area is 154 Å². The first-order valence-corrected chi connectivity index (χ1v) is 9.85. The Hall–Kier alpha value is -2.29. The highest BCUT2D eigenvalue weighted by Gasteiger charge is 2.29. The molecule has 1 aliphatic rings. The fourth-order valence-corrected chi connectivity index (χ4v) is 3.79. The summed E-state index contributed by atoms with van der Waals surface area (Å²) < 4.78 is 27.1. The highest BCUT2D eigenvalue weighted by atomic mass is 32.2. The molecule has 1 saturated heterocycles. The van der Waals surface area contributed by atoms with E-state index in [4.69, 9.17) is 0 Å². The van der Waals surface area contributed by atoms with Crippen molar-refractivity contribution in [1.29, 1.82) is 0 Å². The van der Waals surface area contributed by atoms with Crippen LogP contribution in [0.5, 0.6) is 0 Å². The first kappa shape index (κ1) is 18.5. The molecule has 0 N–H and O–H groups in total. The van der Waals surface area contributed by atoms with Crippen molar-refractivity contribution in [2.24, 2.45) is 0 Å². The molecule has 0 atom stereocenters. The third kappa shape index (κ3) is 4.27. The topological polar surface area (TPSA) is 69.6 Å². The summed E-state index contributed by atoms with van der Waals surface area (Å²) in [6.45, 7) is 1.99. The van der Waals surface area contributed by atoms with Crippen LogP contribution in [0.3, 0.4) is 0 Å². The van der Waals surface area contributed by atoms with E-state index in [1.807, 2.05) is 53.5 Å². The number of hydrogen-bond acceptors (Lipinski definition) is 5. The molecular formula is C18H23N5O2S. The molecule has 1 fully saturated rings. The molecule has 0 radical (unpaired) electrons. The Kier molecular flexibility index (Phi) is 5.65. The van der Waals surface area contributed by atoms with Crippen molar-refractivity contribution in [1.82, 2.24) is 18.6 Å². The molecule has 2 aromatic rings. The van der Waals surface area contributed by atoms with E-state index in [-0.39, 0.29) is 0 Å². The number of benzene rings is 1. The van der Waals surface area contributed by atoms with Gasteiger partial charge in [-0.1, -0.05) is 36.4 Å². The van der Waals surface area contributed by atoms with E-state index in [0.717, 1.165) is 11.3 Å². The molecule has 2 heterocycles. The predicted octanol–water partition coefficient (Wildman–Crippen LogP) is 1.58. The minimum Gasteiger partial charge on any atom is -0.338 e. The van der Waals surface area contributed by atoms with Crippen molar-refractivity contribution in [2.45, 2.75) is 0 Å². The summed E-state index contributed by atoms with van der Waals surface area (Å²) in [5, 5.41) is 0. The average molecular weight is 373 g/mol. The monoisotopic (exact) mass is 373 g/mol. The van der Waals surface area contributed by atoms with E-state index in [0.29, 0.717) is 32.1 Å². The summed E-state index contributed by atoms with van der Waals surface area (Å²) >= 11 is 0. The van der Waals surface area contributed by atoms with Gasteiger partial charge in [-0.3, -0.25) is 0 Å². The van der Waals surface area contributed by atoms with E-state index in [9.17, 15) is 8.42 Å². The lowest BCUT2D eigenvalue weighted by molar-refractivity contribution is 0.354. The lowest BCUT2D eigenvalue weighted by Crippen LogP contribution is -2.52. The Balaban J connectivity index is 1.67. The zero-order valence-corrected chi connectivity index (χ0v) is 15.8. The van der Waals surface area contributed by atoms with Gasteiger partial charge in [0.2, 0.25) is 5.95 Å². The molecule has 0 bridgehead atoms. The van der Waals surface area contributed by atoms with Crippen LogP contribution in [-0.2, 0) is 10.2 Å². The van der Waals surface area contributed by atoms with Gasteiger partial charge in [-0.05, 0) is 17.7 Å². The van der Waals surface area contributed by atoms with Crippen molar-refractivity contribution in [3.05, 3.63) is 53.9 Å². The van der Waals surface area contributed by atoms with E-state index in [1.165, 1.54) is 8.61 Å². The van der Waals surface area contributed by atoms with Crippen LogP contribution in [0.15, 0.2) is 42.6 Å². The van der Waals surface area contributed by atoms with Gasteiger partial charge >= 0.3 is 0 Å². The molecule has 138 valence electrons. The minimum atomic E-state index is -3.36. The number of aromatic nitrogens is 2. The average Bonchev–Trinajstić information content (AvgIpc) is 2.67. The largest absolute Gasteiger partial charge is 0.338 e. The highest BCUT2D eigenvalue weighted by molar-refractivity contribution is 7.86. The van der Waals surface area contributed by atoms with Crippen molar-refractivity contribution in [3.63, 3.8) is 0 Å². The Morgan fingerprint density at radius 2 is 1.69 bits per heavy atom. The molecule has 0 spiro atoms. The summed E-state index contributed by atoms with van der Waals surface area (Å²) in [7, 11) is -0.267. The van der Waals surface area contributed by atoms with Crippen LogP contribution in [0.25, 0.3) is 12.2 Å². The molecule has 1 aromatic carbocycles. The Bertz CT molecular complexity index is 860. The second kappa shape index (κ2) is 7.94. The van der Waals surface area contributed by atoms with Crippen LogP contribution in [0.4, 0.5) is 5.95 Å². The quantitative estimate of drug-likeness (QED) is 0.796. The standard InChI is InChI=1S/C18H23N5O2S/c1-21(2)26(24,25)23-14-12-22(13-15-23)18-19-11-10-17(20-18)9-8-16-6-4-3-5-7-16/h3-11H,12-15H2,1-2H3/b9-8+. The van der Waals surface area contributed by atoms with Gasteiger partial charge in [-0.2, -0.15) is 17.0 Å². The van der Waals surface area contributed by atoms with Crippen molar-refractivity contribution in [2.75, 3.05) is 45.2 Å². The zero-order valence-electron chi connectivity index (χ0n) is 15.0. The second-order valence-electron chi connectivity index (χ2n) is 6.20. The van der Waals surface area contributed by atoms with Gasteiger partial charge in [0.05, 0.1) is 5.69 Å². The number of rotatable bonds is 5. The van der Waals surface area contributed by atoms with Gasteiger partial charge in [0.1, 0.15) is 0 Å². The molecular weight excluding hydrogens is 350 g/mol. The lowest BCUT2D eigenvalue weighted by Gasteiger charge is -2.35. The van der Waals surface area contributed by atoms with Crippen LogP contribution >= 0.6 is 0 Å². The Morgan fingerprint density at radius 1 is 1.00 bits per heavy atom. The normalized spacial score (nSPS) is 16.5. The zero-order chi connectivity index (χ0) is 18.6. The van der Waals surface area contributed by atoms with Gasteiger partial charge in [0.15, 0.2) is 0 Å². The minimum absolute atomic E-state index is 0.425. The number of nitrogens with zero attached hydrogens (tertiary/aromatic N) is 5. The summed E-state index contributed by atoms with van der Waals surface area (Å²) in [4.78, 5) is 10.9. The summed E-state index contributed by atoms with van der Waals surface area (Å²) in [5.74, 6) is 0.627. The van der Waals surface area contributed by atoms with Gasteiger partial charge in [-0.25, -0.2) is 9.97 Å². The van der Waals surface area contributed by atoms with E-state index in [2.05, 4.69) is 9.97 Å². The highest BCUT2D eigenvalue weighted by Crippen LogP contribution is 2.15. The van der Waals surface area contributed by atoms with E-state index < -0.39 is 10.2 Å². The van der Waals surface area contributed by atoms with Crippen LogP contribution in [0.1, 0.15) is 11.3 Å². The smallest absolute Gasteiger partial charge is 0.281 e. The maximum absolute atomic E-state index is 12.2.